The molecule has 0 spiro atoms. The van der Waals surface area contributed by atoms with Crippen LogP contribution in [0.2, 0.25) is 5.02 Å². The van der Waals surface area contributed by atoms with E-state index >= 15 is 0 Å². The number of methoxy groups -OCH3 is 1. The third kappa shape index (κ3) is 3.40. The molecule has 1 saturated heterocycles. The topological polar surface area (TPSA) is 72.6 Å². The number of halogens is 1. The maximum Gasteiger partial charge on any atom is 0.244 e. The largest absolute Gasteiger partial charge is 0.377 e. The molecule has 0 amide bonds. The van der Waals surface area contributed by atoms with Crippen molar-refractivity contribution in [1.82, 2.24) is 4.31 Å². The van der Waals surface area contributed by atoms with Crippen molar-refractivity contribution < 1.29 is 13.2 Å². The van der Waals surface area contributed by atoms with Crippen LogP contribution in [0.5, 0.6) is 0 Å². The number of hydrogen-bond donors (Lipinski definition) is 1. The molecule has 118 valence electrons. The number of nitrogens with two attached hydrogens (primary N) is 1. The molecule has 0 bridgehead atoms. The van der Waals surface area contributed by atoms with Crippen LogP contribution < -0.4 is 5.73 Å². The van der Waals surface area contributed by atoms with E-state index in [9.17, 15) is 8.42 Å². The summed E-state index contributed by atoms with van der Waals surface area (Å²) >= 11 is 6.12. The van der Waals surface area contributed by atoms with Crippen molar-refractivity contribution in [2.24, 2.45) is 5.73 Å². The molecule has 1 aromatic carbocycles. The van der Waals surface area contributed by atoms with Crippen molar-refractivity contribution in [2.75, 3.05) is 20.2 Å². The third-order valence-electron chi connectivity index (χ3n) is 3.97. The fourth-order valence-electron chi connectivity index (χ4n) is 2.55. The summed E-state index contributed by atoms with van der Waals surface area (Å²) in [7, 11) is -2.01. The van der Waals surface area contributed by atoms with Gasteiger partial charge in [0.15, 0.2) is 0 Å². The van der Waals surface area contributed by atoms with Crippen LogP contribution >= 0.6 is 11.6 Å². The van der Waals surface area contributed by atoms with Gasteiger partial charge in [-0.05, 0) is 37.5 Å². The van der Waals surface area contributed by atoms with Gasteiger partial charge in [-0.25, -0.2) is 8.42 Å². The highest BCUT2D eigenvalue weighted by Gasteiger charge is 2.37. The minimum absolute atomic E-state index is 0.127. The van der Waals surface area contributed by atoms with Crippen LogP contribution in [0.15, 0.2) is 23.1 Å². The highest BCUT2D eigenvalue weighted by atomic mass is 35.5. The third-order valence-corrected chi connectivity index (χ3v) is 6.29. The van der Waals surface area contributed by atoms with Gasteiger partial charge in [-0.3, -0.25) is 0 Å². The molecule has 0 radical (unpaired) electrons. The first-order valence-corrected chi connectivity index (χ1v) is 8.68. The summed E-state index contributed by atoms with van der Waals surface area (Å²) in [5.41, 5.74) is 5.89. The molecule has 0 aromatic heterocycles. The normalized spacial score (nSPS) is 24.2. The summed E-state index contributed by atoms with van der Waals surface area (Å²) in [5.74, 6) is 0. The molecule has 21 heavy (non-hydrogen) atoms. The van der Waals surface area contributed by atoms with Crippen LogP contribution in [0.25, 0.3) is 0 Å². The Bertz CT molecular complexity index is 621. The minimum atomic E-state index is -3.62. The van der Waals surface area contributed by atoms with E-state index < -0.39 is 15.6 Å². The first-order chi connectivity index (χ1) is 9.82. The Labute approximate surface area is 131 Å². The van der Waals surface area contributed by atoms with Crippen LogP contribution in [0.1, 0.15) is 25.3 Å². The average Bonchev–Trinajstić information content (AvgIpc) is 2.46. The van der Waals surface area contributed by atoms with Gasteiger partial charge in [0.2, 0.25) is 10.0 Å². The van der Waals surface area contributed by atoms with E-state index in [1.807, 2.05) is 6.92 Å². The van der Waals surface area contributed by atoms with Gasteiger partial charge in [-0.15, -0.1) is 0 Å². The zero-order valence-corrected chi connectivity index (χ0v) is 13.9. The molecule has 1 aliphatic heterocycles. The molecule has 0 saturated carbocycles. The van der Waals surface area contributed by atoms with Crippen molar-refractivity contribution in [1.29, 1.82) is 0 Å². The van der Waals surface area contributed by atoms with Crippen molar-refractivity contribution in [3.05, 3.63) is 28.8 Å². The van der Waals surface area contributed by atoms with Gasteiger partial charge in [0.25, 0.3) is 0 Å². The molecule has 7 heteroatoms. The number of nitrogens with zero attached hydrogens (tertiary/aromatic N) is 1. The molecule has 2 N–H and O–H groups in total. The van der Waals surface area contributed by atoms with Crippen molar-refractivity contribution in [3.63, 3.8) is 0 Å². The maximum absolute atomic E-state index is 12.8. The molecule has 1 atom stereocenters. The van der Waals surface area contributed by atoms with Crippen LogP contribution in [-0.4, -0.2) is 38.5 Å². The zero-order valence-electron chi connectivity index (χ0n) is 12.3. The lowest BCUT2D eigenvalue weighted by molar-refractivity contribution is -0.0319. The number of hydrogen-bond acceptors (Lipinski definition) is 4. The second kappa shape index (κ2) is 6.22. The molecule has 1 fully saturated rings. The van der Waals surface area contributed by atoms with Gasteiger partial charge in [0.05, 0.1) is 10.6 Å². The maximum atomic E-state index is 12.8. The summed E-state index contributed by atoms with van der Waals surface area (Å²) in [5, 5.41) is 0.211. The van der Waals surface area contributed by atoms with E-state index in [1.165, 1.54) is 10.4 Å². The Morgan fingerprint density at radius 3 is 2.76 bits per heavy atom. The van der Waals surface area contributed by atoms with Crippen molar-refractivity contribution >= 4 is 21.6 Å². The van der Waals surface area contributed by atoms with Crippen molar-refractivity contribution in [3.8, 4) is 0 Å². The lowest BCUT2D eigenvalue weighted by Gasteiger charge is -2.38. The summed E-state index contributed by atoms with van der Waals surface area (Å²) in [6.45, 7) is 3.07. The first-order valence-electron chi connectivity index (χ1n) is 6.86. The smallest absolute Gasteiger partial charge is 0.244 e. The second-order valence-electron chi connectivity index (χ2n) is 5.57. The Morgan fingerprint density at radius 1 is 1.48 bits per heavy atom. The Kier molecular flexibility index (Phi) is 4.95. The molecule has 1 aromatic rings. The lowest BCUT2D eigenvalue weighted by atomic mass is 9.96. The fourth-order valence-corrected chi connectivity index (χ4v) is 4.68. The summed E-state index contributed by atoms with van der Waals surface area (Å²) in [6.07, 6.45) is 1.61. The zero-order chi connectivity index (χ0) is 15.7. The molecule has 5 nitrogen and oxygen atoms in total. The molecule has 0 aliphatic carbocycles. The van der Waals surface area contributed by atoms with Gasteiger partial charge in [0.1, 0.15) is 4.90 Å². The van der Waals surface area contributed by atoms with E-state index in [0.29, 0.717) is 19.6 Å². The molecular formula is C14H21ClN2O3S. The highest BCUT2D eigenvalue weighted by Crippen LogP contribution is 2.31. The SMILES string of the molecule is COC1(C)CCCN(S(=O)(=O)c2ccc(CN)cc2Cl)C1. The van der Waals surface area contributed by atoms with E-state index in [2.05, 4.69) is 0 Å². The average molecular weight is 333 g/mol. The van der Waals surface area contributed by atoms with E-state index in [1.54, 1.807) is 19.2 Å². The second-order valence-corrected chi connectivity index (χ2v) is 7.88. The molecular weight excluding hydrogens is 312 g/mol. The monoisotopic (exact) mass is 332 g/mol. The molecule has 1 heterocycles. The number of piperidine rings is 1. The van der Waals surface area contributed by atoms with Crippen LogP contribution in [0, 0.1) is 0 Å². The standard InChI is InChI=1S/C14H21ClN2O3S/c1-14(20-2)6-3-7-17(10-14)21(18,19)13-5-4-11(9-16)8-12(13)15/h4-5,8H,3,6-7,9-10,16H2,1-2H3. The summed E-state index contributed by atoms with van der Waals surface area (Å²) < 4.78 is 32.4. The van der Waals surface area contributed by atoms with Crippen LogP contribution in [0.3, 0.4) is 0 Å². The fraction of sp³-hybridized carbons (Fsp3) is 0.571. The van der Waals surface area contributed by atoms with Gasteiger partial charge < -0.3 is 10.5 Å². The number of benzene rings is 1. The van der Waals surface area contributed by atoms with Crippen LogP contribution in [0.4, 0.5) is 0 Å². The predicted octanol–water partition coefficient (Wildman–Crippen LogP) is 1.99. The highest BCUT2D eigenvalue weighted by molar-refractivity contribution is 7.89. The van der Waals surface area contributed by atoms with Gasteiger partial charge in [0, 0.05) is 26.7 Å². The molecule has 1 unspecified atom stereocenters. The van der Waals surface area contributed by atoms with Gasteiger partial charge in [-0.2, -0.15) is 4.31 Å². The van der Waals surface area contributed by atoms with Gasteiger partial charge in [-0.1, -0.05) is 17.7 Å². The Balaban J connectivity index is 2.34. The minimum Gasteiger partial charge on any atom is -0.377 e. The number of sulfonamides is 1. The van der Waals surface area contributed by atoms with Crippen molar-refractivity contribution in [2.45, 2.75) is 36.8 Å². The van der Waals surface area contributed by atoms with E-state index in [-0.39, 0.29) is 9.92 Å². The number of ether oxygens (including phenoxy) is 1. The van der Waals surface area contributed by atoms with Crippen LogP contribution in [-0.2, 0) is 21.3 Å². The first kappa shape index (κ1) is 16.7. The quantitative estimate of drug-likeness (QED) is 0.915. The number of rotatable bonds is 4. The van der Waals surface area contributed by atoms with E-state index in [4.69, 9.17) is 22.1 Å². The Morgan fingerprint density at radius 2 is 2.19 bits per heavy atom. The lowest BCUT2D eigenvalue weighted by Crippen LogP contribution is -2.49. The molecule has 2 rings (SSSR count). The molecule has 1 aliphatic rings. The Hall–Kier alpha value is -0.660. The predicted molar refractivity (Wildman–Crippen MR) is 82.8 cm³/mol. The van der Waals surface area contributed by atoms with E-state index in [0.717, 1.165) is 18.4 Å². The van der Waals surface area contributed by atoms with Gasteiger partial charge >= 0.3 is 0 Å². The summed E-state index contributed by atoms with van der Waals surface area (Å²) in [4.78, 5) is 0.127. The summed E-state index contributed by atoms with van der Waals surface area (Å²) in [6, 6.07) is 4.82.